The largest absolute Gasteiger partial charge is 0.508 e. The van der Waals surface area contributed by atoms with E-state index < -0.39 is 0 Å². The van der Waals surface area contributed by atoms with Crippen molar-refractivity contribution in [3.8, 4) is 17.0 Å². The second-order valence-corrected chi connectivity index (χ2v) is 8.66. The minimum atomic E-state index is 0.272. The number of phenols is 1. The summed E-state index contributed by atoms with van der Waals surface area (Å²) in [5, 5.41) is 12.3. The highest BCUT2D eigenvalue weighted by Gasteiger charge is 2.24. The second kappa shape index (κ2) is 8.12. The molecule has 0 bridgehead atoms. The van der Waals surface area contributed by atoms with Gasteiger partial charge in [0.15, 0.2) is 0 Å². The van der Waals surface area contributed by atoms with E-state index in [1.165, 1.54) is 21.9 Å². The molecular weight excluding hydrogens is 382 g/mol. The molecule has 0 radical (unpaired) electrons. The summed E-state index contributed by atoms with van der Waals surface area (Å²) >= 11 is 0. The van der Waals surface area contributed by atoms with Crippen molar-refractivity contribution >= 4 is 10.8 Å². The van der Waals surface area contributed by atoms with Gasteiger partial charge < -0.3 is 5.11 Å². The Morgan fingerprint density at radius 1 is 0.935 bits per heavy atom. The third-order valence-corrected chi connectivity index (χ3v) is 6.09. The number of rotatable bonds is 4. The molecule has 0 saturated heterocycles. The maximum absolute atomic E-state index is 9.74. The van der Waals surface area contributed by atoms with Crippen molar-refractivity contribution in [3.05, 3.63) is 89.4 Å². The fraction of sp³-hybridized carbons (Fsp3) is 0.259. The molecule has 0 spiro atoms. The van der Waals surface area contributed by atoms with E-state index >= 15 is 0 Å². The second-order valence-electron chi connectivity index (χ2n) is 8.66. The Morgan fingerprint density at radius 2 is 1.71 bits per heavy atom. The maximum atomic E-state index is 9.74. The van der Waals surface area contributed by atoms with Gasteiger partial charge in [-0.15, -0.1) is 0 Å². The number of fused-ring (bicyclic) bond motifs is 2. The number of phenolic OH excluding ortho intramolecular Hbond substituents is 1. The molecule has 3 aromatic carbocycles. The smallest absolute Gasteiger partial charge is 0.131 e. The van der Waals surface area contributed by atoms with Crippen molar-refractivity contribution in [2.45, 2.75) is 39.3 Å². The Balaban J connectivity index is 1.51. The van der Waals surface area contributed by atoms with Crippen LogP contribution in [0, 0.1) is 0 Å². The predicted octanol–water partition coefficient (Wildman–Crippen LogP) is 5.68. The van der Waals surface area contributed by atoms with Crippen LogP contribution in [0.3, 0.4) is 0 Å². The highest BCUT2D eigenvalue weighted by atomic mass is 16.3. The molecule has 31 heavy (non-hydrogen) atoms. The van der Waals surface area contributed by atoms with Crippen molar-refractivity contribution in [3.63, 3.8) is 0 Å². The standard InChI is InChI=1S/C27H27N3O/c1-18(2)27-28-25-14-15-30(16-21-8-5-7-19-6-3-4-9-23(19)21)17-24(25)26(29-27)20-10-12-22(31)13-11-20/h3-13,18,31H,14-17H2,1-2H3. The van der Waals surface area contributed by atoms with Gasteiger partial charge >= 0.3 is 0 Å². The fourth-order valence-electron chi connectivity index (χ4n) is 4.41. The van der Waals surface area contributed by atoms with Crippen LogP contribution in [0.5, 0.6) is 5.75 Å². The first kappa shape index (κ1) is 19.7. The predicted molar refractivity (Wildman–Crippen MR) is 125 cm³/mol. The Bertz CT molecular complexity index is 1230. The maximum Gasteiger partial charge on any atom is 0.131 e. The number of hydrogen-bond acceptors (Lipinski definition) is 4. The summed E-state index contributed by atoms with van der Waals surface area (Å²) in [5.41, 5.74) is 5.76. The Morgan fingerprint density at radius 3 is 2.52 bits per heavy atom. The molecule has 0 atom stereocenters. The van der Waals surface area contributed by atoms with Crippen LogP contribution in [0.4, 0.5) is 0 Å². The molecule has 1 N–H and O–H groups in total. The topological polar surface area (TPSA) is 49.3 Å². The van der Waals surface area contributed by atoms with E-state index in [9.17, 15) is 5.11 Å². The number of aromatic hydroxyl groups is 1. The summed E-state index contributed by atoms with van der Waals surface area (Å²) in [6, 6.07) is 22.5. The molecule has 0 fully saturated rings. The van der Waals surface area contributed by atoms with Crippen molar-refractivity contribution in [1.29, 1.82) is 0 Å². The molecule has 4 aromatic rings. The molecule has 2 heterocycles. The lowest BCUT2D eigenvalue weighted by molar-refractivity contribution is 0.244. The van der Waals surface area contributed by atoms with Crippen molar-refractivity contribution in [1.82, 2.24) is 14.9 Å². The van der Waals surface area contributed by atoms with E-state index in [-0.39, 0.29) is 11.7 Å². The molecule has 1 aromatic heterocycles. The van der Waals surface area contributed by atoms with Crippen LogP contribution in [0.1, 0.15) is 42.4 Å². The summed E-state index contributed by atoms with van der Waals surface area (Å²) in [4.78, 5) is 12.4. The molecule has 0 unspecified atom stereocenters. The van der Waals surface area contributed by atoms with Crippen molar-refractivity contribution in [2.75, 3.05) is 6.54 Å². The van der Waals surface area contributed by atoms with E-state index in [0.29, 0.717) is 0 Å². The third-order valence-electron chi connectivity index (χ3n) is 6.09. The van der Waals surface area contributed by atoms with Gasteiger partial charge in [-0.25, -0.2) is 9.97 Å². The summed E-state index contributed by atoms with van der Waals surface area (Å²) in [5.74, 6) is 1.44. The highest BCUT2D eigenvalue weighted by Crippen LogP contribution is 2.31. The van der Waals surface area contributed by atoms with Gasteiger partial charge in [-0.3, -0.25) is 4.90 Å². The average Bonchev–Trinajstić information content (AvgIpc) is 2.79. The third kappa shape index (κ3) is 3.91. The van der Waals surface area contributed by atoms with Gasteiger partial charge in [-0.1, -0.05) is 56.3 Å². The van der Waals surface area contributed by atoms with Crippen LogP contribution in [0.2, 0.25) is 0 Å². The first-order valence-electron chi connectivity index (χ1n) is 11.0. The van der Waals surface area contributed by atoms with Gasteiger partial charge in [-0.2, -0.15) is 0 Å². The SMILES string of the molecule is CC(C)c1nc2c(c(-c3ccc(O)cc3)n1)CN(Cc1cccc3ccccc13)CC2. The average molecular weight is 410 g/mol. The molecule has 4 nitrogen and oxygen atoms in total. The molecular formula is C27H27N3O. The van der Waals surface area contributed by atoms with E-state index in [4.69, 9.17) is 9.97 Å². The van der Waals surface area contributed by atoms with Gasteiger partial charge in [0.2, 0.25) is 0 Å². The van der Waals surface area contributed by atoms with E-state index in [1.807, 2.05) is 12.1 Å². The summed E-state index contributed by atoms with van der Waals surface area (Å²) < 4.78 is 0. The fourth-order valence-corrected chi connectivity index (χ4v) is 4.41. The van der Waals surface area contributed by atoms with Gasteiger partial charge in [-0.05, 0) is 40.6 Å². The Kier molecular flexibility index (Phi) is 5.16. The number of hydrogen-bond donors (Lipinski definition) is 1. The van der Waals surface area contributed by atoms with Crippen LogP contribution >= 0.6 is 0 Å². The van der Waals surface area contributed by atoms with Crippen LogP contribution in [0.25, 0.3) is 22.0 Å². The van der Waals surface area contributed by atoms with Crippen LogP contribution < -0.4 is 0 Å². The van der Waals surface area contributed by atoms with Gasteiger partial charge in [0, 0.05) is 43.1 Å². The number of aromatic nitrogens is 2. The number of nitrogens with zero attached hydrogens (tertiary/aromatic N) is 3. The minimum Gasteiger partial charge on any atom is -0.508 e. The van der Waals surface area contributed by atoms with E-state index in [2.05, 4.69) is 61.2 Å². The van der Waals surface area contributed by atoms with Crippen molar-refractivity contribution < 1.29 is 5.11 Å². The normalized spacial score (nSPS) is 14.2. The first-order chi connectivity index (χ1) is 15.1. The summed E-state index contributed by atoms with van der Waals surface area (Å²) in [6.07, 6.45) is 0.924. The highest BCUT2D eigenvalue weighted by molar-refractivity contribution is 5.85. The molecule has 5 rings (SSSR count). The molecule has 1 aliphatic heterocycles. The zero-order valence-corrected chi connectivity index (χ0v) is 18.0. The zero-order valence-electron chi connectivity index (χ0n) is 18.0. The molecule has 0 saturated carbocycles. The monoisotopic (exact) mass is 409 g/mol. The van der Waals surface area contributed by atoms with Crippen molar-refractivity contribution in [2.24, 2.45) is 0 Å². The first-order valence-corrected chi connectivity index (χ1v) is 11.0. The number of benzene rings is 3. The van der Waals surface area contributed by atoms with Gasteiger partial charge in [0.25, 0.3) is 0 Å². The summed E-state index contributed by atoms with van der Waals surface area (Å²) in [6.45, 7) is 6.99. The molecule has 4 heteroatoms. The summed E-state index contributed by atoms with van der Waals surface area (Å²) in [7, 11) is 0. The minimum absolute atomic E-state index is 0.272. The van der Waals surface area contributed by atoms with Crippen LogP contribution in [-0.4, -0.2) is 26.5 Å². The molecule has 1 aliphatic rings. The Labute approximate surface area is 183 Å². The molecule has 0 amide bonds. The molecule has 0 aliphatic carbocycles. The van der Waals surface area contributed by atoms with Crippen LogP contribution in [-0.2, 0) is 19.5 Å². The lowest BCUT2D eigenvalue weighted by Gasteiger charge is -2.30. The van der Waals surface area contributed by atoms with Gasteiger partial charge in [0.05, 0.1) is 11.4 Å². The van der Waals surface area contributed by atoms with E-state index in [1.54, 1.807) is 12.1 Å². The lowest BCUT2D eigenvalue weighted by atomic mass is 9.97. The quantitative estimate of drug-likeness (QED) is 0.471. The lowest BCUT2D eigenvalue weighted by Crippen LogP contribution is -2.32. The van der Waals surface area contributed by atoms with Crippen LogP contribution in [0.15, 0.2) is 66.7 Å². The van der Waals surface area contributed by atoms with E-state index in [0.717, 1.165) is 48.8 Å². The molecule has 156 valence electrons. The Hall–Kier alpha value is -3.24. The zero-order chi connectivity index (χ0) is 21.4. The van der Waals surface area contributed by atoms with Gasteiger partial charge in [0.1, 0.15) is 11.6 Å².